The lowest BCUT2D eigenvalue weighted by atomic mass is 9.97. The monoisotopic (exact) mass is 376 g/mol. The molecule has 1 fully saturated rings. The molecule has 0 spiro atoms. The van der Waals surface area contributed by atoms with E-state index in [1.807, 2.05) is 0 Å². The second kappa shape index (κ2) is 11.0. The third kappa shape index (κ3) is 5.41. The molecule has 6 heteroatoms. The van der Waals surface area contributed by atoms with Gasteiger partial charge in [-0.25, -0.2) is 0 Å². The third-order valence-corrected chi connectivity index (χ3v) is 4.62. The number of halogens is 2. The Morgan fingerprint density at radius 1 is 1.04 bits per heavy atom. The zero-order valence-corrected chi connectivity index (χ0v) is 16.1. The van der Waals surface area contributed by atoms with E-state index in [1.54, 1.807) is 0 Å². The van der Waals surface area contributed by atoms with Gasteiger partial charge >= 0.3 is 0 Å². The minimum Gasteiger partial charge on any atom is -0.486 e. The summed E-state index contributed by atoms with van der Waals surface area (Å²) >= 11 is 0. The lowest BCUT2D eigenvalue weighted by Crippen LogP contribution is -2.45. The Bertz CT molecular complexity index is 482. The van der Waals surface area contributed by atoms with Gasteiger partial charge in [0.1, 0.15) is 13.2 Å². The number of ether oxygens (including phenoxy) is 2. The highest BCUT2D eigenvalue weighted by Gasteiger charge is 2.23. The van der Waals surface area contributed by atoms with E-state index in [2.05, 4.69) is 35.3 Å². The van der Waals surface area contributed by atoms with Crippen molar-refractivity contribution in [1.29, 1.82) is 0 Å². The van der Waals surface area contributed by atoms with Gasteiger partial charge in [0.25, 0.3) is 0 Å². The van der Waals surface area contributed by atoms with Crippen LogP contribution in [-0.2, 0) is 0 Å². The van der Waals surface area contributed by atoms with Gasteiger partial charge in [0.15, 0.2) is 11.5 Å². The van der Waals surface area contributed by atoms with Crippen LogP contribution in [0.3, 0.4) is 0 Å². The first-order valence-electron chi connectivity index (χ1n) is 8.73. The van der Waals surface area contributed by atoms with Gasteiger partial charge < -0.3 is 14.8 Å². The highest BCUT2D eigenvalue weighted by Crippen LogP contribution is 2.36. The van der Waals surface area contributed by atoms with Crippen LogP contribution in [-0.4, -0.2) is 44.3 Å². The molecule has 0 bridgehead atoms. The van der Waals surface area contributed by atoms with Gasteiger partial charge in [-0.05, 0) is 24.1 Å². The van der Waals surface area contributed by atoms with Crippen molar-refractivity contribution >= 4 is 24.8 Å². The van der Waals surface area contributed by atoms with Crippen molar-refractivity contribution in [3.05, 3.63) is 23.8 Å². The van der Waals surface area contributed by atoms with Gasteiger partial charge in [-0.15, -0.1) is 24.8 Å². The van der Waals surface area contributed by atoms with Crippen molar-refractivity contribution in [3.8, 4) is 11.5 Å². The van der Waals surface area contributed by atoms with E-state index in [9.17, 15) is 0 Å². The molecule has 24 heavy (non-hydrogen) atoms. The number of hydrogen-bond donors (Lipinski definition) is 1. The molecular formula is C18H30Cl2N2O2. The minimum absolute atomic E-state index is 0. The van der Waals surface area contributed by atoms with E-state index in [0.29, 0.717) is 19.3 Å². The summed E-state index contributed by atoms with van der Waals surface area (Å²) in [5, 5.41) is 3.45. The Morgan fingerprint density at radius 3 is 2.46 bits per heavy atom. The van der Waals surface area contributed by atoms with E-state index in [-0.39, 0.29) is 24.8 Å². The van der Waals surface area contributed by atoms with Crippen LogP contribution in [0.1, 0.15) is 44.2 Å². The van der Waals surface area contributed by atoms with Crippen LogP contribution >= 0.6 is 24.8 Å². The molecule has 2 aliphatic rings. The number of piperazine rings is 1. The van der Waals surface area contributed by atoms with Crippen LogP contribution in [0, 0.1) is 0 Å². The predicted molar refractivity (Wildman–Crippen MR) is 103 cm³/mol. The smallest absolute Gasteiger partial charge is 0.161 e. The molecule has 138 valence electrons. The molecule has 1 N–H and O–H groups in total. The Morgan fingerprint density at radius 2 is 1.75 bits per heavy atom. The molecule has 1 aromatic rings. The van der Waals surface area contributed by atoms with E-state index >= 15 is 0 Å². The van der Waals surface area contributed by atoms with Crippen molar-refractivity contribution in [2.45, 2.75) is 38.6 Å². The zero-order valence-electron chi connectivity index (χ0n) is 14.5. The van der Waals surface area contributed by atoms with Gasteiger partial charge in [0, 0.05) is 32.2 Å². The minimum atomic E-state index is 0. The molecule has 1 aromatic carbocycles. The fourth-order valence-corrected chi connectivity index (χ4v) is 3.41. The second-order valence-corrected chi connectivity index (χ2v) is 6.20. The average Bonchev–Trinajstić information content (AvgIpc) is 2.59. The quantitative estimate of drug-likeness (QED) is 0.764. The summed E-state index contributed by atoms with van der Waals surface area (Å²) in [4.78, 5) is 2.62. The van der Waals surface area contributed by atoms with Crippen molar-refractivity contribution < 1.29 is 9.47 Å². The number of unbranched alkanes of at least 4 members (excludes halogenated alkanes) is 2. The number of rotatable bonds is 6. The largest absolute Gasteiger partial charge is 0.486 e. The second-order valence-electron chi connectivity index (χ2n) is 6.20. The molecule has 0 amide bonds. The fourth-order valence-electron chi connectivity index (χ4n) is 3.41. The predicted octanol–water partition coefficient (Wildman–Crippen LogP) is 3.83. The van der Waals surface area contributed by atoms with Crippen LogP contribution in [0.15, 0.2) is 18.2 Å². The molecule has 2 heterocycles. The Hall–Kier alpha value is -0.680. The van der Waals surface area contributed by atoms with E-state index in [0.717, 1.165) is 37.7 Å². The number of hydrogen-bond acceptors (Lipinski definition) is 4. The molecular weight excluding hydrogens is 347 g/mol. The van der Waals surface area contributed by atoms with Gasteiger partial charge in [0.05, 0.1) is 0 Å². The molecule has 1 atom stereocenters. The van der Waals surface area contributed by atoms with Crippen molar-refractivity contribution in [1.82, 2.24) is 10.2 Å². The summed E-state index contributed by atoms with van der Waals surface area (Å²) in [6.07, 6.45) is 5.11. The van der Waals surface area contributed by atoms with Gasteiger partial charge in [0.2, 0.25) is 0 Å². The van der Waals surface area contributed by atoms with Crippen molar-refractivity contribution in [2.75, 3.05) is 39.4 Å². The summed E-state index contributed by atoms with van der Waals surface area (Å²) in [5.74, 6) is 1.81. The molecule has 3 rings (SSSR count). The number of benzene rings is 1. The average molecular weight is 377 g/mol. The normalized spacial score (nSPS) is 18.2. The SMILES string of the molecule is CCCCC[C@H](c1ccc2c(c1)OCCO2)N1CCNCC1.Cl.Cl. The first kappa shape index (κ1) is 21.4. The summed E-state index contributed by atoms with van der Waals surface area (Å²) < 4.78 is 11.4. The number of fused-ring (bicyclic) bond motifs is 1. The van der Waals surface area contributed by atoms with Gasteiger partial charge in [-0.2, -0.15) is 0 Å². The van der Waals surface area contributed by atoms with Crippen LogP contribution < -0.4 is 14.8 Å². The lowest BCUT2D eigenvalue weighted by Gasteiger charge is -2.35. The Balaban J connectivity index is 0.00000144. The topological polar surface area (TPSA) is 33.7 Å². The third-order valence-electron chi connectivity index (χ3n) is 4.62. The maximum atomic E-state index is 5.77. The molecule has 0 aromatic heterocycles. The van der Waals surface area contributed by atoms with E-state index in [4.69, 9.17) is 9.47 Å². The highest BCUT2D eigenvalue weighted by atomic mass is 35.5. The van der Waals surface area contributed by atoms with Gasteiger partial charge in [-0.1, -0.05) is 32.3 Å². The molecule has 4 nitrogen and oxygen atoms in total. The number of nitrogens with zero attached hydrogens (tertiary/aromatic N) is 1. The summed E-state index contributed by atoms with van der Waals surface area (Å²) in [7, 11) is 0. The molecule has 1 saturated heterocycles. The first-order chi connectivity index (χ1) is 10.9. The standard InChI is InChI=1S/C18H28N2O2.2ClH/c1-2-3-4-5-16(20-10-8-19-9-11-20)15-6-7-17-18(14-15)22-13-12-21-17;;/h6-7,14,16,19H,2-5,8-13H2,1H3;2*1H/t16-;;/m1../s1. The van der Waals surface area contributed by atoms with Crippen molar-refractivity contribution in [3.63, 3.8) is 0 Å². The van der Waals surface area contributed by atoms with E-state index in [1.165, 1.54) is 31.2 Å². The lowest BCUT2D eigenvalue weighted by molar-refractivity contribution is 0.158. The van der Waals surface area contributed by atoms with Crippen LogP contribution in [0.5, 0.6) is 11.5 Å². The van der Waals surface area contributed by atoms with Crippen LogP contribution in [0.2, 0.25) is 0 Å². The maximum Gasteiger partial charge on any atom is 0.161 e. The zero-order chi connectivity index (χ0) is 15.2. The summed E-state index contributed by atoms with van der Waals surface area (Å²) in [6.45, 7) is 8.03. The summed E-state index contributed by atoms with van der Waals surface area (Å²) in [6, 6.07) is 7.02. The number of nitrogens with one attached hydrogen (secondary N) is 1. The van der Waals surface area contributed by atoms with Crippen molar-refractivity contribution in [2.24, 2.45) is 0 Å². The molecule has 0 aliphatic carbocycles. The molecule has 2 aliphatic heterocycles. The van der Waals surface area contributed by atoms with Gasteiger partial charge in [-0.3, -0.25) is 4.90 Å². The molecule has 0 radical (unpaired) electrons. The first-order valence-corrected chi connectivity index (χ1v) is 8.73. The molecule has 0 saturated carbocycles. The maximum absolute atomic E-state index is 5.77. The Kier molecular flexibility index (Phi) is 9.82. The van der Waals surface area contributed by atoms with E-state index < -0.39 is 0 Å². The highest BCUT2D eigenvalue weighted by molar-refractivity contribution is 5.85. The summed E-state index contributed by atoms with van der Waals surface area (Å²) in [5.41, 5.74) is 1.38. The fraction of sp³-hybridized carbons (Fsp3) is 0.667. The Labute approximate surface area is 158 Å². The van der Waals surface area contributed by atoms with Crippen LogP contribution in [0.4, 0.5) is 0 Å². The van der Waals surface area contributed by atoms with Crippen LogP contribution in [0.25, 0.3) is 0 Å². The molecule has 0 unspecified atom stereocenters.